The van der Waals surface area contributed by atoms with Gasteiger partial charge in [-0.15, -0.1) is 0 Å². The molecule has 0 aromatic heterocycles. The fourth-order valence-electron chi connectivity index (χ4n) is 4.54. The Morgan fingerprint density at radius 3 is 2.19 bits per heavy atom. The Balaban J connectivity index is 1.24. The average Bonchev–Trinajstić information content (AvgIpc) is 3.15. The number of hydrogen-bond donors (Lipinski definition) is 3. The summed E-state index contributed by atoms with van der Waals surface area (Å²) in [7, 11) is 3.82. The number of nitrogens with zero attached hydrogens (tertiary/aromatic N) is 3. The molecule has 0 saturated carbocycles. The molecule has 2 aromatic rings. The van der Waals surface area contributed by atoms with E-state index in [1.807, 2.05) is 31.1 Å². The summed E-state index contributed by atoms with van der Waals surface area (Å²) in [6.45, 7) is 2.21. The first-order valence-corrected chi connectivity index (χ1v) is 12.1. The Labute approximate surface area is 210 Å². The van der Waals surface area contributed by atoms with Crippen LogP contribution in [-0.2, 0) is 9.53 Å². The minimum Gasteiger partial charge on any atom is -0.388 e. The number of piperazine rings is 1. The number of amides is 2. The maximum atomic E-state index is 13.2. The van der Waals surface area contributed by atoms with Gasteiger partial charge in [-0.3, -0.25) is 9.59 Å². The van der Waals surface area contributed by atoms with E-state index in [9.17, 15) is 24.2 Å². The van der Waals surface area contributed by atoms with Crippen molar-refractivity contribution in [2.75, 3.05) is 56.6 Å². The number of hydrogen-bond acceptors (Lipinski definition) is 7. The molecule has 0 bridgehead atoms. The van der Waals surface area contributed by atoms with Gasteiger partial charge in [0.2, 0.25) is 5.91 Å². The molecule has 2 heterocycles. The zero-order valence-corrected chi connectivity index (χ0v) is 20.5. The summed E-state index contributed by atoms with van der Waals surface area (Å²) in [6.07, 6.45) is -4.18. The standard InChI is InChI=1S/C26H33FN4O5/c1-29(2)19-7-3-17(4-8-19)26(35)28-16-22-25(34)24(33)21(36-22)15-23(32)31-13-11-30(12-14-31)20-9-5-18(27)6-10-20/h3-10,21-22,24-25,33-34H,11-16H2,1-2H3,(H,28,35). The first-order valence-electron chi connectivity index (χ1n) is 12.1. The van der Waals surface area contributed by atoms with Crippen molar-refractivity contribution in [3.05, 3.63) is 59.9 Å². The van der Waals surface area contributed by atoms with Crippen LogP contribution >= 0.6 is 0 Å². The van der Waals surface area contributed by atoms with Gasteiger partial charge in [-0.05, 0) is 48.5 Å². The first-order chi connectivity index (χ1) is 17.2. The molecule has 2 aliphatic rings. The van der Waals surface area contributed by atoms with E-state index in [4.69, 9.17) is 4.74 Å². The number of nitrogens with one attached hydrogen (secondary N) is 1. The van der Waals surface area contributed by atoms with Gasteiger partial charge >= 0.3 is 0 Å². The lowest BCUT2D eigenvalue weighted by Gasteiger charge is -2.36. The normalized spacial score (nSPS) is 24.0. The van der Waals surface area contributed by atoms with Crippen LogP contribution in [0.25, 0.3) is 0 Å². The van der Waals surface area contributed by atoms with Crippen LogP contribution in [0.5, 0.6) is 0 Å². The van der Waals surface area contributed by atoms with Crippen molar-refractivity contribution in [1.29, 1.82) is 0 Å². The second kappa shape index (κ2) is 11.2. The van der Waals surface area contributed by atoms with Gasteiger partial charge in [-0.25, -0.2) is 4.39 Å². The number of aliphatic hydroxyl groups excluding tert-OH is 2. The summed E-state index contributed by atoms with van der Waals surface area (Å²) < 4.78 is 18.9. The van der Waals surface area contributed by atoms with E-state index in [1.54, 1.807) is 29.2 Å². The highest BCUT2D eigenvalue weighted by Gasteiger charge is 2.44. The van der Waals surface area contributed by atoms with Crippen LogP contribution in [0.1, 0.15) is 16.8 Å². The minimum absolute atomic E-state index is 0.00747. The van der Waals surface area contributed by atoms with Crippen LogP contribution in [0.3, 0.4) is 0 Å². The summed E-state index contributed by atoms with van der Waals surface area (Å²) in [5.74, 6) is -0.777. The summed E-state index contributed by atoms with van der Waals surface area (Å²) in [5, 5.41) is 23.6. The number of ether oxygens (including phenoxy) is 1. The van der Waals surface area contributed by atoms with Crippen molar-refractivity contribution < 1.29 is 28.9 Å². The number of aliphatic hydroxyl groups is 2. The molecule has 0 spiro atoms. The summed E-state index contributed by atoms with van der Waals surface area (Å²) in [4.78, 5) is 31.0. The summed E-state index contributed by atoms with van der Waals surface area (Å²) in [6, 6.07) is 13.4. The molecule has 2 aromatic carbocycles. The monoisotopic (exact) mass is 500 g/mol. The Kier molecular flexibility index (Phi) is 8.07. The lowest BCUT2D eigenvalue weighted by Crippen LogP contribution is -2.49. The van der Waals surface area contributed by atoms with E-state index in [1.165, 1.54) is 12.1 Å². The molecule has 2 aliphatic heterocycles. The fourth-order valence-corrected chi connectivity index (χ4v) is 4.54. The molecular formula is C26H33FN4O5. The van der Waals surface area contributed by atoms with Crippen LogP contribution in [0, 0.1) is 5.82 Å². The van der Waals surface area contributed by atoms with Gasteiger partial charge in [-0.2, -0.15) is 0 Å². The molecule has 2 fully saturated rings. The van der Waals surface area contributed by atoms with Gasteiger partial charge in [-0.1, -0.05) is 0 Å². The Morgan fingerprint density at radius 2 is 1.58 bits per heavy atom. The highest BCUT2D eigenvalue weighted by Crippen LogP contribution is 2.25. The second-order valence-electron chi connectivity index (χ2n) is 9.39. The van der Waals surface area contributed by atoms with Gasteiger partial charge < -0.3 is 35.0 Å². The minimum atomic E-state index is -1.23. The zero-order valence-electron chi connectivity index (χ0n) is 20.5. The molecule has 4 atom stereocenters. The molecular weight excluding hydrogens is 467 g/mol. The van der Waals surface area contributed by atoms with E-state index in [0.29, 0.717) is 31.7 Å². The highest BCUT2D eigenvalue weighted by atomic mass is 19.1. The van der Waals surface area contributed by atoms with Crippen molar-refractivity contribution in [1.82, 2.24) is 10.2 Å². The molecule has 0 aliphatic carbocycles. The lowest BCUT2D eigenvalue weighted by molar-refractivity contribution is -0.135. The Morgan fingerprint density at radius 1 is 0.972 bits per heavy atom. The molecule has 0 radical (unpaired) electrons. The van der Waals surface area contributed by atoms with Crippen molar-refractivity contribution in [3.63, 3.8) is 0 Å². The van der Waals surface area contributed by atoms with E-state index in [2.05, 4.69) is 10.2 Å². The van der Waals surface area contributed by atoms with Crippen LogP contribution in [-0.4, -0.2) is 98.2 Å². The smallest absolute Gasteiger partial charge is 0.251 e. The van der Waals surface area contributed by atoms with Crippen LogP contribution in [0.2, 0.25) is 0 Å². The van der Waals surface area contributed by atoms with Crippen LogP contribution < -0.4 is 15.1 Å². The van der Waals surface area contributed by atoms with Crippen LogP contribution in [0.4, 0.5) is 15.8 Å². The molecule has 2 saturated heterocycles. The van der Waals surface area contributed by atoms with E-state index < -0.39 is 24.4 Å². The highest BCUT2D eigenvalue weighted by molar-refractivity contribution is 5.94. The Hall–Kier alpha value is -3.21. The topological polar surface area (TPSA) is 106 Å². The quantitative estimate of drug-likeness (QED) is 0.518. The van der Waals surface area contributed by atoms with Gasteiger partial charge in [0, 0.05) is 63.8 Å². The van der Waals surface area contributed by atoms with Gasteiger partial charge in [0.25, 0.3) is 5.91 Å². The second-order valence-corrected chi connectivity index (χ2v) is 9.39. The average molecular weight is 501 g/mol. The zero-order chi connectivity index (χ0) is 25.8. The molecule has 194 valence electrons. The number of rotatable bonds is 7. The predicted molar refractivity (Wildman–Crippen MR) is 134 cm³/mol. The first kappa shape index (κ1) is 25.9. The number of benzene rings is 2. The fraction of sp³-hybridized carbons (Fsp3) is 0.462. The lowest BCUT2D eigenvalue weighted by atomic mass is 10.0. The number of carbonyl (C=O) groups excluding carboxylic acids is 2. The molecule has 10 heteroatoms. The SMILES string of the molecule is CN(C)c1ccc(C(=O)NCC2OC(CC(=O)N3CCN(c4ccc(F)cc4)CC3)C(O)C2O)cc1. The van der Waals surface area contributed by atoms with Gasteiger partial charge in [0.05, 0.1) is 12.5 Å². The summed E-state index contributed by atoms with van der Waals surface area (Å²) in [5.41, 5.74) is 2.34. The summed E-state index contributed by atoms with van der Waals surface area (Å²) >= 11 is 0. The third-order valence-electron chi connectivity index (χ3n) is 6.77. The van der Waals surface area contributed by atoms with Crippen molar-refractivity contribution in [2.45, 2.75) is 30.8 Å². The van der Waals surface area contributed by atoms with Crippen LogP contribution in [0.15, 0.2) is 48.5 Å². The third-order valence-corrected chi connectivity index (χ3v) is 6.77. The molecule has 3 N–H and O–H groups in total. The molecule has 2 amide bonds. The van der Waals surface area contributed by atoms with Gasteiger partial charge in [0.1, 0.15) is 24.1 Å². The maximum Gasteiger partial charge on any atom is 0.251 e. The van der Waals surface area contributed by atoms with E-state index in [0.717, 1.165) is 11.4 Å². The molecule has 9 nitrogen and oxygen atoms in total. The molecule has 36 heavy (non-hydrogen) atoms. The third kappa shape index (κ3) is 5.95. The van der Waals surface area contributed by atoms with E-state index >= 15 is 0 Å². The number of carbonyl (C=O) groups is 2. The predicted octanol–water partition coefficient (Wildman–Crippen LogP) is 0.850. The molecule has 4 rings (SSSR count). The van der Waals surface area contributed by atoms with Gasteiger partial charge in [0.15, 0.2) is 0 Å². The number of halogens is 1. The van der Waals surface area contributed by atoms with Crippen molar-refractivity contribution in [3.8, 4) is 0 Å². The van der Waals surface area contributed by atoms with Crippen molar-refractivity contribution in [2.24, 2.45) is 0 Å². The largest absolute Gasteiger partial charge is 0.388 e. The maximum absolute atomic E-state index is 13.2. The number of anilines is 2. The Bertz CT molecular complexity index is 1040. The van der Waals surface area contributed by atoms with E-state index in [-0.39, 0.29) is 30.6 Å². The molecule has 4 unspecified atom stereocenters. The van der Waals surface area contributed by atoms with Crippen molar-refractivity contribution >= 4 is 23.2 Å².